The lowest BCUT2D eigenvalue weighted by molar-refractivity contribution is 0.0663. The zero-order valence-electron chi connectivity index (χ0n) is 8.53. The molecule has 0 fully saturated rings. The van der Waals surface area contributed by atoms with Crippen LogP contribution < -0.4 is 0 Å². The molecule has 0 atom stereocenters. The first-order valence-corrected chi connectivity index (χ1v) is 5.05. The molecule has 2 rings (SSSR count). The van der Waals surface area contributed by atoms with Crippen molar-refractivity contribution in [2.75, 3.05) is 0 Å². The van der Waals surface area contributed by atoms with Gasteiger partial charge in [0.05, 0.1) is 5.02 Å². The van der Waals surface area contributed by atoms with E-state index in [1.54, 1.807) is 12.1 Å². The summed E-state index contributed by atoms with van der Waals surface area (Å²) >= 11 is 6.01. The van der Waals surface area contributed by atoms with Crippen molar-refractivity contribution < 1.29 is 14.3 Å². The molecule has 0 aliphatic rings. The maximum atomic E-state index is 10.7. The Kier molecular flexibility index (Phi) is 2.71. The normalized spacial score (nSPS) is 10.4. The Labute approximate surface area is 97.3 Å². The molecule has 0 aliphatic heterocycles. The molecule has 0 saturated carbocycles. The molecule has 1 aromatic carbocycles. The predicted octanol–water partition coefficient (Wildman–Crippen LogP) is 3.61. The Morgan fingerprint density at radius 2 is 2.06 bits per heavy atom. The fourth-order valence-corrected chi connectivity index (χ4v) is 1.64. The fraction of sp³-hybridized carbons (Fsp3) is 0.0833. The molecule has 0 spiro atoms. The third kappa shape index (κ3) is 1.95. The molecule has 1 heterocycles. The van der Waals surface area contributed by atoms with Gasteiger partial charge in [0.25, 0.3) is 0 Å². The first-order valence-electron chi connectivity index (χ1n) is 4.67. The van der Waals surface area contributed by atoms with Gasteiger partial charge in [0.2, 0.25) is 5.76 Å². The van der Waals surface area contributed by atoms with Gasteiger partial charge < -0.3 is 9.52 Å². The summed E-state index contributed by atoms with van der Waals surface area (Å²) in [6, 6.07) is 8.51. The predicted molar refractivity (Wildman–Crippen MR) is 60.9 cm³/mol. The lowest BCUT2D eigenvalue weighted by Crippen LogP contribution is -1.91. The van der Waals surface area contributed by atoms with Crippen molar-refractivity contribution >= 4 is 17.6 Å². The van der Waals surface area contributed by atoms with Crippen molar-refractivity contribution in [3.8, 4) is 11.3 Å². The van der Waals surface area contributed by atoms with E-state index in [1.165, 1.54) is 6.07 Å². The first kappa shape index (κ1) is 10.8. The average Bonchev–Trinajstić information content (AvgIpc) is 2.70. The zero-order chi connectivity index (χ0) is 11.7. The van der Waals surface area contributed by atoms with Crippen LogP contribution in [0, 0.1) is 6.92 Å². The SMILES string of the molecule is Cc1ccc(Cl)c(-c2ccc(C(=O)O)o2)c1. The topological polar surface area (TPSA) is 50.4 Å². The van der Waals surface area contributed by atoms with Crippen LogP contribution in [0.5, 0.6) is 0 Å². The van der Waals surface area contributed by atoms with E-state index in [1.807, 2.05) is 19.1 Å². The van der Waals surface area contributed by atoms with Crippen molar-refractivity contribution in [2.45, 2.75) is 6.92 Å². The molecule has 0 aliphatic carbocycles. The van der Waals surface area contributed by atoms with Gasteiger partial charge in [-0.3, -0.25) is 0 Å². The van der Waals surface area contributed by atoms with Crippen molar-refractivity contribution in [1.29, 1.82) is 0 Å². The number of hydrogen-bond donors (Lipinski definition) is 1. The molecule has 0 radical (unpaired) electrons. The van der Waals surface area contributed by atoms with Crippen LogP contribution in [0.4, 0.5) is 0 Å². The van der Waals surface area contributed by atoms with Crippen LogP contribution in [-0.2, 0) is 0 Å². The van der Waals surface area contributed by atoms with Crippen molar-refractivity contribution in [3.05, 3.63) is 46.7 Å². The molecule has 0 unspecified atom stereocenters. The largest absolute Gasteiger partial charge is 0.475 e. The summed E-state index contributed by atoms with van der Waals surface area (Å²) in [7, 11) is 0. The van der Waals surface area contributed by atoms with E-state index in [0.717, 1.165) is 5.56 Å². The van der Waals surface area contributed by atoms with E-state index < -0.39 is 5.97 Å². The van der Waals surface area contributed by atoms with Crippen LogP contribution in [-0.4, -0.2) is 11.1 Å². The molecule has 0 saturated heterocycles. The highest BCUT2D eigenvalue weighted by Gasteiger charge is 2.12. The quantitative estimate of drug-likeness (QED) is 0.867. The van der Waals surface area contributed by atoms with Gasteiger partial charge in [0.1, 0.15) is 5.76 Å². The molecule has 16 heavy (non-hydrogen) atoms. The second-order valence-corrected chi connectivity index (χ2v) is 3.86. The molecular weight excluding hydrogens is 228 g/mol. The second-order valence-electron chi connectivity index (χ2n) is 3.45. The number of aromatic carboxylic acids is 1. The molecule has 82 valence electrons. The summed E-state index contributed by atoms with van der Waals surface area (Å²) in [5.41, 5.74) is 1.74. The van der Waals surface area contributed by atoms with E-state index in [4.69, 9.17) is 21.1 Å². The van der Waals surface area contributed by atoms with Crippen LogP contribution in [0.1, 0.15) is 16.1 Å². The van der Waals surface area contributed by atoms with Crippen molar-refractivity contribution in [1.82, 2.24) is 0 Å². The highest BCUT2D eigenvalue weighted by Crippen LogP contribution is 2.30. The minimum absolute atomic E-state index is 0.0902. The molecular formula is C12H9ClO3. The number of carboxylic acid groups (broad SMARTS) is 1. The van der Waals surface area contributed by atoms with E-state index in [9.17, 15) is 4.79 Å². The standard InChI is InChI=1S/C12H9ClO3/c1-7-2-3-9(13)8(6-7)10-4-5-11(16-10)12(14)15/h2-6H,1H3,(H,14,15). The number of carbonyl (C=O) groups is 1. The number of benzene rings is 1. The van der Waals surface area contributed by atoms with E-state index in [-0.39, 0.29) is 5.76 Å². The van der Waals surface area contributed by atoms with Crippen LogP contribution in [0.2, 0.25) is 5.02 Å². The highest BCUT2D eigenvalue weighted by atomic mass is 35.5. The molecule has 2 aromatic rings. The van der Waals surface area contributed by atoms with Gasteiger partial charge >= 0.3 is 5.97 Å². The van der Waals surface area contributed by atoms with Gasteiger partial charge in [-0.2, -0.15) is 0 Å². The Morgan fingerprint density at radius 3 is 2.69 bits per heavy atom. The van der Waals surface area contributed by atoms with Crippen LogP contribution in [0.25, 0.3) is 11.3 Å². The first-order chi connectivity index (χ1) is 7.58. The Morgan fingerprint density at radius 1 is 1.31 bits per heavy atom. The van der Waals surface area contributed by atoms with Gasteiger partial charge in [-0.05, 0) is 31.2 Å². The van der Waals surface area contributed by atoms with Crippen LogP contribution in [0.3, 0.4) is 0 Å². The van der Waals surface area contributed by atoms with Crippen LogP contribution >= 0.6 is 11.6 Å². The van der Waals surface area contributed by atoms with Crippen molar-refractivity contribution in [2.24, 2.45) is 0 Å². The minimum Gasteiger partial charge on any atom is -0.475 e. The Bertz CT molecular complexity index is 543. The molecule has 1 aromatic heterocycles. The van der Waals surface area contributed by atoms with Crippen molar-refractivity contribution in [3.63, 3.8) is 0 Å². The molecule has 0 bridgehead atoms. The van der Waals surface area contributed by atoms with Gasteiger partial charge in [-0.25, -0.2) is 4.79 Å². The lowest BCUT2D eigenvalue weighted by Gasteiger charge is -2.01. The fourth-order valence-electron chi connectivity index (χ4n) is 1.43. The number of halogens is 1. The molecule has 4 heteroatoms. The smallest absolute Gasteiger partial charge is 0.371 e. The van der Waals surface area contributed by atoms with Gasteiger partial charge in [-0.15, -0.1) is 0 Å². The summed E-state index contributed by atoms with van der Waals surface area (Å²) in [5.74, 6) is -0.714. The summed E-state index contributed by atoms with van der Waals surface area (Å²) in [6.07, 6.45) is 0. The monoisotopic (exact) mass is 236 g/mol. The van der Waals surface area contributed by atoms with E-state index in [0.29, 0.717) is 16.3 Å². The lowest BCUT2D eigenvalue weighted by atomic mass is 10.1. The summed E-state index contributed by atoms with van der Waals surface area (Å²) in [5, 5.41) is 9.28. The number of hydrogen-bond acceptors (Lipinski definition) is 2. The molecule has 1 N–H and O–H groups in total. The van der Waals surface area contributed by atoms with Gasteiger partial charge in [0.15, 0.2) is 0 Å². The Hall–Kier alpha value is -1.74. The van der Waals surface area contributed by atoms with Crippen LogP contribution in [0.15, 0.2) is 34.7 Å². The summed E-state index contributed by atoms with van der Waals surface area (Å²) in [6.45, 7) is 1.93. The summed E-state index contributed by atoms with van der Waals surface area (Å²) in [4.78, 5) is 10.7. The number of rotatable bonds is 2. The second kappa shape index (κ2) is 4.02. The van der Waals surface area contributed by atoms with E-state index >= 15 is 0 Å². The number of aryl methyl sites for hydroxylation is 1. The number of carboxylic acids is 1. The van der Waals surface area contributed by atoms with Gasteiger partial charge in [-0.1, -0.05) is 23.2 Å². The molecule has 0 amide bonds. The summed E-state index contributed by atoms with van der Waals surface area (Å²) < 4.78 is 5.18. The maximum Gasteiger partial charge on any atom is 0.371 e. The third-order valence-electron chi connectivity index (χ3n) is 2.20. The van der Waals surface area contributed by atoms with Gasteiger partial charge in [0, 0.05) is 5.56 Å². The molecule has 3 nitrogen and oxygen atoms in total. The maximum absolute atomic E-state index is 10.7. The highest BCUT2D eigenvalue weighted by molar-refractivity contribution is 6.33. The van der Waals surface area contributed by atoms with E-state index in [2.05, 4.69) is 0 Å². The average molecular weight is 237 g/mol. The zero-order valence-corrected chi connectivity index (χ0v) is 9.28. The minimum atomic E-state index is -1.09. The Balaban J connectivity index is 2.50. The number of furan rings is 1. The third-order valence-corrected chi connectivity index (χ3v) is 2.53.